The van der Waals surface area contributed by atoms with E-state index < -0.39 is 10.0 Å². The highest BCUT2D eigenvalue weighted by molar-refractivity contribution is 7.89. The van der Waals surface area contributed by atoms with Crippen LogP contribution in [-0.4, -0.2) is 51.5 Å². The van der Waals surface area contributed by atoms with Gasteiger partial charge in [0.25, 0.3) is 0 Å². The summed E-state index contributed by atoms with van der Waals surface area (Å²) in [6.45, 7) is 0.629. The molecule has 1 heterocycles. The van der Waals surface area contributed by atoms with E-state index in [1.807, 2.05) is 0 Å². The number of carbonyl (C=O) groups is 1. The number of benzene rings is 1. The number of ether oxygens (including phenoxy) is 2. The lowest BCUT2D eigenvalue weighted by Crippen LogP contribution is -2.41. The van der Waals surface area contributed by atoms with Gasteiger partial charge in [0.05, 0.1) is 11.4 Å². The summed E-state index contributed by atoms with van der Waals surface area (Å²) in [5.74, 6) is 0.665. The predicted molar refractivity (Wildman–Crippen MR) is 87.6 cm³/mol. The number of sulfonamides is 1. The van der Waals surface area contributed by atoms with E-state index >= 15 is 0 Å². The summed E-state index contributed by atoms with van der Waals surface area (Å²) in [6.07, 6.45) is 4.14. The molecule has 8 heteroatoms. The molecule has 0 atom stereocenters. The van der Waals surface area contributed by atoms with Crippen molar-refractivity contribution in [1.82, 2.24) is 9.62 Å². The van der Waals surface area contributed by atoms with Gasteiger partial charge < -0.3 is 14.8 Å². The average Bonchev–Trinajstić information content (AvgIpc) is 3.07. The predicted octanol–water partition coefficient (Wildman–Crippen LogP) is 1.14. The van der Waals surface area contributed by atoms with Gasteiger partial charge in [0.1, 0.15) is 13.2 Å². The van der Waals surface area contributed by atoms with Crippen LogP contribution in [-0.2, 0) is 14.8 Å². The molecular weight excluding hydrogens is 332 g/mol. The standard InChI is InChI=1S/C16H22N2O5S/c1-18(11-16(19)17-12-4-2-3-5-12)24(20,21)13-6-7-14-15(10-13)23-9-8-22-14/h6-7,10,12H,2-5,8-9,11H2,1H3,(H,17,19). The van der Waals surface area contributed by atoms with Crippen molar-refractivity contribution < 1.29 is 22.7 Å². The van der Waals surface area contributed by atoms with Crippen molar-refractivity contribution in [1.29, 1.82) is 0 Å². The molecule has 0 unspecified atom stereocenters. The Morgan fingerprint density at radius 1 is 1.21 bits per heavy atom. The number of hydrogen-bond donors (Lipinski definition) is 1. The van der Waals surface area contributed by atoms with Crippen LogP contribution in [0.25, 0.3) is 0 Å². The third-order valence-corrected chi connectivity index (χ3v) is 6.11. The van der Waals surface area contributed by atoms with Gasteiger partial charge >= 0.3 is 0 Å². The van der Waals surface area contributed by atoms with E-state index in [1.54, 1.807) is 6.07 Å². The molecule has 2 aliphatic rings. The Morgan fingerprint density at radius 3 is 2.58 bits per heavy atom. The van der Waals surface area contributed by atoms with E-state index in [0.29, 0.717) is 24.7 Å². The van der Waals surface area contributed by atoms with Crippen LogP contribution in [0, 0.1) is 0 Å². The fraction of sp³-hybridized carbons (Fsp3) is 0.562. The maximum atomic E-state index is 12.6. The molecule has 1 saturated carbocycles. The zero-order valence-electron chi connectivity index (χ0n) is 13.7. The molecule has 0 saturated heterocycles. The monoisotopic (exact) mass is 354 g/mol. The SMILES string of the molecule is CN(CC(=O)NC1CCCC1)S(=O)(=O)c1ccc2c(c1)OCCO2. The van der Waals surface area contributed by atoms with E-state index in [4.69, 9.17) is 9.47 Å². The van der Waals surface area contributed by atoms with Crippen LogP contribution in [0.15, 0.2) is 23.1 Å². The second-order valence-electron chi connectivity index (χ2n) is 6.12. The van der Waals surface area contributed by atoms with Gasteiger partial charge in [-0.2, -0.15) is 4.31 Å². The van der Waals surface area contributed by atoms with Crippen molar-refractivity contribution >= 4 is 15.9 Å². The lowest BCUT2D eigenvalue weighted by molar-refractivity contribution is -0.121. The summed E-state index contributed by atoms with van der Waals surface area (Å²) in [7, 11) is -2.36. The molecule has 1 aromatic carbocycles. The minimum absolute atomic E-state index is 0.0860. The van der Waals surface area contributed by atoms with Crippen molar-refractivity contribution in [2.45, 2.75) is 36.6 Å². The maximum Gasteiger partial charge on any atom is 0.243 e. The van der Waals surface area contributed by atoms with Crippen LogP contribution in [0.3, 0.4) is 0 Å². The van der Waals surface area contributed by atoms with Gasteiger partial charge in [-0.05, 0) is 25.0 Å². The number of hydrogen-bond acceptors (Lipinski definition) is 5. The van der Waals surface area contributed by atoms with Crippen LogP contribution in [0.5, 0.6) is 11.5 Å². The Bertz CT molecular complexity index is 713. The zero-order valence-corrected chi connectivity index (χ0v) is 14.5. The Labute approximate surface area is 142 Å². The Kier molecular flexibility index (Phi) is 4.96. The first-order valence-electron chi connectivity index (χ1n) is 8.12. The van der Waals surface area contributed by atoms with Crippen LogP contribution < -0.4 is 14.8 Å². The molecule has 0 radical (unpaired) electrons. The first-order valence-corrected chi connectivity index (χ1v) is 9.56. The van der Waals surface area contributed by atoms with Gasteiger partial charge in [-0.25, -0.2) is 8.42 Å². The molecular formula is C16H22N2O5S. The maximum absolute atomic E-state index is 12.6. The third-order valence-electron chi connectivity index (χ3n) is 4.31. The molecule has 24 heavy (non-hydrogen) atoms. The van der Waals surface area contributed by atoms with Crippen LogP contribution in [0.4, 0.5) is 0 Å². The minimum Gasteiger partial charge on any atom is -0.486 e. The lowest BCUT2D eigenvalue weighted by atomic mass is 10.2. The number of amides is 1. The number of nitrogens with zero attached hydrogens (tertiary/aromatic N) is 1. The molecule has 1 aliphatic carbocycles. The highest BCUT2D eigenvalue weighted by Gasteiger charge is 2.26. The van der Waals surface area contributed by atoms with Gasteiger partial charge in [-0.15, -0.1) is 0 Å². The first-order chi connectivity index (χ1) is 11.5. The molecule has 1 N–H and O–H groups in total. The molecule has 1 aliphatic heterocycles. The van der Waals surface area contributed by atoms with E-state index in [9.17, 15) is 13.2 Å². The van der Waals surface area contributed by atoms with Crippen molar-refractivity contribution in [2.75, 3.05) is 26.8 Å². The fourth-order valence-electron chi connectivity index (χ4n) is 2.99. The van der Waals surface area contributed by atoms with Gasteiger partial charge in [-0.3, -0.25) is 4.79 Å². The number of nitrogens with one attached hydrogen (secondary N) is 1. The number of fused-ring (bicyclic) bond motifs is 1. The summed E-state index contributed by atoms with van der Waals surface area (Å²) in [6, 6.07) is 4.65. The number of rotatable bonds is 5. The Morgan fingerprint density at radius 2 is 1.88 bits per heavy atom. The summed E-state index contributed by atoms with van der Waals surface area (Å²) in [5.41, 5.74) is 0. The number of likely N-dealkylation sites (N-methyl/N-ethyl adjacent to an activating group) is 1. The third kappa shape index (κ3) is 3.64. The fourth-order valence-corrected chi connectivity index (χ4v) is 4.14. The van der Waals surface area contributed by atoms with Crippen molar-refractivity contribution in [3.05, 3.63) is 18.2 Å². The quantitative estimate of drug-likeness (QED) is 0.857. The number of carbonyl (C=O) groups excluding carboxylic acids is 1. The average molecular weight is 354 g/mol. The van der Waals surface area contributed by atoms with Crippen molar-refractivity contribution in [3.8, 4) is 11.5 Å². The summed E-state index contributed by atoms with van der Waals surface area (Å²) < 4.78 is 37.2. The van der Waals surface area contributed by atoms with Crippen LogP contribution in [0.2, 0.25) is 0 Å². The van der Waals surface area contributed by atoms with Crippen LogP contribution >= 0.6 is 0 Å². The van der Waals surface area contributed by atoms with Gasteiger partial charge in [0.2, 0.25) is 15.9 Å². The van der Waals surface area contributed by atoms with Gasteiger partial charge in [0, 0.05) is 19.2 Å². The molecule has 0 aromatic heterocycles. The topological polar surface area (TPSA) is 84.9 Å². The minimum atomic E-state index is -3.76. The first kappa shape index (κ1) is 17.0. The molecule has 7 nitrogen and oxygen atoms in total. The molecule has 132 valence electrons. The van der Waals surface area contributed by atoms with E-state index in [2.05, 4.69) is 5.32 Å². The van der Waals surface area contributed by atoms with E-state index in [0.717, 1.165) is 30.0 Å². The molecule has 3 rings (SSSR count). The van der Waals surface area contributed by atoms with E-state index in [1.165, 1.54) is 19.2 Å². The van der Waals surface area contributed by atoms with Gasteiger partial charge in [-0.1, -0.05) is 12.8 Å². The normalized spacial score (nSPS) is 17.9. The van der Waals surface area contributed by atoms with Crippen molar-refractivity contribution in [2.24, 2.45) is 0 Å². The zero-order chi connectivity index (χ0) is 17.2. The summed E-state index contributed by atoms with van der Waals surface area (Å²) in [4.78, 5) is 12.1. The molecule has 0 spiro atoms. The molecule has 1 amide bonds. The van der Waals surface area contributed by atoms with Crippen LogP contribution in [0.1, 0.15) is 25.7 Å². The second-order valence-corrected chi connectivity index (χ2v) is 8.16. The largest absolute Gasteiger partial charge is 0.486 e. The van der Waals surface area contributed by atoms with E-state index in [-0.39, 0.29) is 23.4 Å². The van der Waals surface area contributed by atoms with Crippen molar-refractivity contribution in [3.63, 3.8) is 0 Å². The Balaban J connectivity index is 1.68. The lowest BCUT2D eigenvalue weighted by Gasteiger charge is -2.21. The highest BCUT2D eigenvalue weighted by atomic mass is 32.2. The molecule has 1 fully saturated rings. The smallest absolute Gasteiger partial charge is 0.243 e. The van der Waals surface area contributed by atoms with Gasteiger partial charge in [0.15, 0.2) is 11.5 Å². The summed E-state index contributed by atoms with van der Waals surface area (Å²) in [5, 5.41) is 2.89. The second kappa shape index (κ2) is 6.98. The molecule has 0 bridgehead atoms. The molecule has 1 aromatic rings. The summed E-state index contributed by atoms with van der Waals surface area (Å²) >= 11 is 0. The Hall–Kier alpha value is -1.80. The highest BCUT2D eigenvalue weighted by Crippen LogP contribution is 2.32.